The molecular formula is C16H14FN3O3. The fourth-order valence-corrected chi connectivity index (χ4v) is 2.06. The van der Waals surface area contributed by atoms with Crippen LogP contribution in [0.25, 0.3) is 11.3 Å². The molecule has 3 rings (SSSR count). The minimum Gasteiger partial charge on any atom is -0.453 e. The Balaban J connectivity index is 1.70. The Hall–Kier alpha value is -2.93. The van der Waals surface area contributed by atoms with Gasteiger partial charge in [0.15, 0.2) is 11.6 Å². The number of carbonyl (C=O) groups is 1. The first-order valence-corrected chi connectivity index (χ1v) is 6.86. The third-order valence-electron chi connectivity index (χ3n) is 3.15. The van der Waals surface area contributed by atoms with E-state index in [0.717, 1.165) is 5.56 Å². The Morgan fingerprint density at radius 2 is 2.09 bits per heavy atom. The predicted molar refractivity (Wildman–Crippen MR) is 81.4 cm³/mol. The second-order valence-electron chi connectivity index (χ2n) is 4.83. The molecule has 0 saturated heterocycles. The first kappa shape index (κ1) is 15.0. The molecule has 2 heterocycles. The molecule has 2 N–H and O–H groups in total. The molecule has 0 aliphatic heterocycles. The van der Waals surface area contributed by atoms with Crippen LogP contribution in [0.15, 0.2) is 46.9 Å². The summed E-state index contributed by atoms with van der Waals surface area (Å²) in [7, 11) is 1.54. The summed E-state index contributed by atoms with van der Waals surface area (Å²) in [6.07, 6.45) is 0. The molecule has 0 spiro atoms. The number of furan rings is 1. The molecule has 0 unspecified atom stereocenters. The number of aromatic nitrogens is 2. The third-order valence-corrected chi connectivity index (χ3v) is 3.15. The van der Waals surface area contributed by atoms with Gasteiger partial charge in [0.05, 0.1) is 5.69 Å². The van der Waals surface area contributed by atoms with Crippen LogP contribution in [0.5, 0.6) is 0 Å². The predicted octanol–water partition coefficient (Wildman–Crippen LogP) is 3.21. The quantitative estimate of drug-likeness (QED) is 0.757. The molecule has 0 aliphatic carbocycles. The van der Waals surface area contributed by atoms with E-state index in [2.05, 4.69) is 15.5 Å². The molecule has 0 saturated carbocycles. The van der Waals surface area contributed by atoms with Gasteiger partial charge >= 0.3 is 0 Å². The average Bonchev–Trinajstić information content (AvgIpc) is 3.18. The van der Waals surface area contributed by atoms with Gasteiger partial charge in [-0.05, 0) is 42.0 Å². The zero-order chi connectivity index (χ0) is 16.2. The highest BCUT2D eigenvalue weighted by Crippen LogP contribution is 2.20. The lowest BCUT2D eigenvalue weighted by Crippen LogP contribution is -2.11. The largest absolute Gasteiger partial charge is 0.453 e. The lowest BCUT2D eigenvalue weighted by atomic mass is 10.1. The van der Waals surface area contributed by atoms with E-state index in [-0.39, 0.29) is 11.6 Å². The molecule has 23 heavy (non-hydrogen) atoms. The molecule has 0 radical (unpaired) electrons. The summed E-state index contributed by atoms with van der Waals surface area (Å²) in [6.45, 7) is 0.296. The number of halogens is 1. The lowest BCUT2D eigenvalue weighted by molar-refractivity contribution is 0.0987. The molecule has 3 aromatic rings. The second kappa shape index (κ2) is 6.45. The number of amides is 1. The van der Waals surface area contributed by atoms with E-state index >= 15 is 0 Å². The van der Waals surface area contributed by atoms with Crippen LogP contribution in [0.4, 0.5) is 10.2 Å². The van der Waals surface area contributed by atoms with Crippen molar-refractivity contribution >= 4 is 11.7 Å². The van der Waals surface area contributed by atoms with Gasteiger partial charge < -0.3 is 14.5 Å². The van der Waals surface area contributed by atoms with Gasteiger partial charge in [0.1, 0.15) is 18.2 Å². The van der Waals surface area contributed by atoms with Gasteiger partial charge in [-0.15, -0.1) is 0 Å². The van der Waals surface area contributed by atoms with Gasteiger partial charge in [0.2, 0.25) is 0 Å². The number of aromatic amines is 1. The van der Waals surface area contributed by atoms with E-state index in [0.29, 0.717) is 23.9 Å². The van der Waals surface area contributed by atoms with Crippen LogP contribution in [-0.2, 0) is 11.3 Å². The zero-order valence-corrected chi connectivity index (χ0v) is 12.3. The first-order chi connectivity index (χ1) is 11.2. The molecule has 0 atom stereocenters. The molecule has 0 aliphatic rings. The number of methoxy groups -OCH3 is 1. The SMILES string of the molecule is COCc1ccc(C(=O)Nc2cc(-c3ccc(F)cc3)[nH]n2)o1. The van der Waals surface area contributed by atoms with Gasteiger partial charge in [-0.25, -0.2) is 4.39 Å². The van der Waals surface area contributed by atoms with E-state index in [1.165, 1.54) is 12.1 Å². The smallest absolute Gasteiger partial charge is 0.292 e. The molecule has 118 valence electrons. The van der Waals surface area contributed by atoms with Gasteiger partial charge in [-0.1, -0.05) is 0 Å². The summed E-state index contributed by atoms with van der Waals surface area (Å²) in [4.78, 5) is 12.1. The summed E-state index contributed by atoms with van der Waals surface area (Å²) in [5, 5.41) is 9.42. The van der Waals surface area contributed by atoms with E-state index < -0.39 is 5.91 Å². The van der Waals surface area contributed by atoms with Crippen LogP contribution in [-0.4, -0.2) is 23.2 Å². The number of rotatable bonds is 5. The van der Waals surface area contributed by atoms with Crippen molar-refractivity contribution in [3.8, 4) is 11.3 Å². The summed E-state index contributed by atoms with van der Waals surface area (Å²) < 4.78 is 23.2. The minimum atomic E-state index is -0.412. The van der Waals surface area contributed by atoms with Crippen molar-refractivity contribution < 1.29 is 18.3 Å². The monoisotopic (exact) mass is 315 g/mol. The number of nitrogens with one attached hydrogen (secondary N) is 2. The van der Waals surface area contributed by atoms with Crippen molar-refractivity contribution in [2.75, 3.05) is 12.4 Å². The number of nitrogens with zero attached hydrogens (tertiary/aromatic N) is 1. The fraction of sp³-hybridized carbons (Fsp3) is 0.125. The van der Waals surface area contributed by atoms with Crippen LogP contribution in [0.3, 0.4) is 0 Å². The molecule has 6 nitrogen and oxygen atoms in total. The third kappa shape index (κ3) is 3.46. The number of hydrogen-bond donors (Lipinski definition) is 2. The van der Waals surface area contributed by atoms with Crippen molar-refractivity contribution in [3.63, 3.8) is 0 Å². The van der Waals surface area contributed by atoms with Crippen LogP contribution < -0.4 is 5.32 Å². The fourth-order valence-electron chi connectivity index (χ4n) is 2.06. The number of anilines is 1. The minimum absolute atomic E-state index is 0.170. The summed E-state index contributed by atoms with van der Waals surface area (Å²) in [6, 6.07) is 10.9. The maximum atomic E-state index is 12.9. The summed E-state index contributed by atoms with van der Waals surface area (Å²) in [5.41, 5.74) is 1.43. The van der Waals surface area contributed by atoms with E-state index in [9.17, 15) is 9.18 Å². The topological polar surface area (TPSA) is 80.1 Å². The highest BCUT2D eigenvalue weighted by molar-refractivity contribution is 6.01. The molecule has 0 bridgehead atoms. The summed E-state index contributed by atoms with van der Waals surface area (Å²) in [5.74, 6) is 0.352. The number of hydrogen-bond acceptors (Lipinski definition) is 4. The Bertz CT molecular complexity index is 808. The average molecular weight is 315 g/mol. The highest BCUT2D eigenvalue weighted by atomic mass is 19.1. The standard InChI is InChI=1S/C16H14FN3O3/c1-22-9-12-6-7-14(23-12)16(21)18-15-8-13(19-20-15)10-2-4-11(17)5-3-10/h2-8H,9H2,1H3,(H2,18,19,20,21). The van der Waals surface area contributed by atoms with Gasteiger partial charge in [0, 0.05) is 13.2 Å². The van der Waals surface area contributed by atoms with Gasteiger partial charge in [-0.2, -0.15) is 5.10 Å². The summed E-state index contributed by atoms with van der Waals surface area (Å²) >= 11 is 0. The molecular weight excluding hydrogens is 301 g/mol. The van der Waals surface area contributed by atoms with E-state index in [4.69, 9.17) is 9.15 Å². The Morgan fingerprint density at radius 3 is 2.83 bits per heavy atom. The van der Waals surface area contributed by atoms with Crippen molar-refractivity contribution in [1.29, 1.82) is 0 Å². The Kier molecular flexibility index (Phi) is 4.20. The van der Waals surface area contributed by atoms with Crippen molar-refractivity contribution in [2.24, 2.45) is 0 Å². The maximum Gasteiger partial charge on any atom is 0.292 e. The van der Waals surface area contributed by atoms with Gasteiger partial charge in [0.25, 0.3) is 5.91 Å². The van der Waals surface area contributed by atoms with E-state index in [1.54, 1.807) is 37.4 Å². The molecule has 7 heteroatoms. The molecule has 0 fully saturated rings. The van der Waals surface area contributed by atoms with Gasteiger partial charge in [-0.3, -0.25) is 9.89 Å². The number of carbonyl (C=O) groups excluding carboxylic acids is 1. The van der Waals surface area contributed by atoms with Crippen LogP contribution >= 0.6 is 0 Å². The van der Waals surface area contributed by atoms with Crippen LogP contribution in [0, 0.1) is 5.82 Å². The Labute approximate surface area is 131 Å². The second-order valence-corrected chi connectivity index (χ2v) is 4.83. The maximum absolute atomic E-state index is 12.9. The van der Waals surface area contributed by atoms with Crippen molar-refractivity contribution in [3.05, 3.63) is 59.8 Å². The first-order valence-electron chi connectivity index (χ1n) is 6.86. The molecule has 1 amide bonds. The zero-order valence-electron chi connectivity index (χ0n) is 12.3. The number of H-pyrrole nitrogens is 1. The molecule has 2 aromatic heterocycles. The van der Waals surface area contributed by atoms with Crippen molar-refractivity contribution in [1.82, 2.24) is 10.2 Å². The molecule has 1 aromatic carbocycles. The number of ether oxygens (including phenoxy) is 1. The van der Waals surface area contributed by atoms with Crippen LogP contribution in [0.1, 0.15) is 16.3 Å². The van der Waals surface area contributed by atoms with Crippen LogP contribution in [0.2, 0.25) is 0 Å². The van der Waals surface area contributed by atoms with Crippen molar-refractivity contribution in [2.45, 2.75) is 6.61 Å². The normalized spacial score (nSPS) is 10.7. The highest BCUT2D eigenvalue weighted by Gasteiger charge is 2.13. The van der Waals surface area contributed by atoms with E-state index in [1.807, 2.05) is 0 Å². The Morgan fingerprint density at radius 1 is 1.30 bits per heavy atom. The number of benzene rings is 1. The lowest BCUT2D eigenvalue weighted by Gasteiger charge is -1.98.